The van der Waals surface area contributed by atoms with Crippen molar-refractivity contribution in [1.29, 1.82) is 0 Å². The highest BCUT2D eigenvalue weighted by Crippen LogP contribution is 2.40. The number of oxazole rings is 2. The number of rotatable bonds is 9. The molecule has 0 N–H and O–H groups in total. The lowest BCUT2D eigenvalue weighted by Crippen LogP contribution is -2.10. The van der Waals surface area contributed by atoms with E-state index in [2.05, 4.69) is 68.5 Å². The first-order valence-electron chi connectivity index (χ1n) is 18.0. The topological polar surface area (TPSA) is 110 Å². The Morgan fingerprint density at radius 1 is 0.321 bits per heavy atom. The van der Waals surface area contributed by atoms with Crippen LogP contribution in [0.4, 0.5) is 34.8 Å². The van der Waals surface area contributed by atoms with E-state index < -0.39 is 0 Å². The van der Waals surface area contributed by atoms with Gasteiger partial charge in [0.05, 0.1) is 22.7 Å². The van der Waals surface area contributed by atoms with E-state index in [4.69, 9.17) is 18.8 Å². The van der Waals surface area contributed by atoms with E-state index in [1.54, 1.807) is 24.8 Å². The van der Waals surface area contributed by atoms with Gasteiger partial charge < -0.3 is 8.83 Å². The van der Waals surface area contributed by atoms with E-state index in [1.807, 2.05) is 119 Å². The highest BCUT2D eigenvalue weighted by atomic mass is 16.4. The standard InChI is InChI=1S/C46H30N8O2/c1-3-9-41-39(7-1)51-45(55-41)53(37-23-15-33(16-24-37)43-47-27-5-28-48-43)35-19-11-31(12-20-35)32-13-21-36(22-14-32)54(46-52-40-8-2-4-10-42(40)56-46)38-25-17-34(18-26-38)44-49-29-6-30-50-44/h1-30H. The van der Waals surface area contributed by atoms with E-state index in [-0.39, 0.29) is 0 Å². The van der Waals surface area contributed by atoms with Crippen molar-refractivity contribution in [3.8, 4) is 33.9 Å². The van der Waals surface area contributed by atoms with Gasteiger partial charge in [0.15, 0.2) is 22.8 Å². The molecule has 0 saturated carbocycles. The van der Waals surface area contributed by atoms with Crippen molar-refractivity contribution >= 4 is 57.0 Å². The third kappa shape index (κ3) is 6.26. The van der Waals surface area contributed by atoms with Crippen LogP contribution in [0.2, 0.25) is 0 Å². The summed E-state index contributed by atoms with van der Waals surface area (Å²) in [7, 11) is 0. The molecule has 10 aromatic rings. The van der Waals surface area contributed by atoms with Crippen molar-refractivity contribution in [3.05, 3.63) is 183 Å². The Hall–Kier alpha value is -7.98. The third-order valence-electron chi connectivity index (χ3n) is 9.43. The monoisotopic (exact) mass is 726 g/mol. The van der Waals surface area contributed by atoms with Crippen molar-refractivity contribution in [2.24, 2.45) is 0 Å². The molecule has 10 nitrogen and oxygen atoms in total. The van der Waals surface area contributed by atoms with Gasteiger partial charge in [-0.2, -0.15) is 9.97 Å². The normalized spacial score (nSPS) is 11.2. The molecule has 56 heavy (non-hydrogen) atoms. The van der Waals surface area contributed by atoms with Crippen LogP contribution in [0.5, 0.6) is 0 Å². The fourth-order valence-corrected chi connectivity index (χ4v) is 6.67. The van der Waals surface area contributed by atoms with Gasteiger partial charge >= 0.3 is 12.0 Å². The van der Waals surface area contributed by atoms with E-state index in [1.165, 1.54) is 0 Å². The molecule has 0 unspecified atom stereocenters. The summed E-state index contributed by atoms with van der Waals surface area (Å²) in [6, 6.07) is 53.0. The van der Waals surface area contributed by atoms with Crippen molar-refractivity contribution < 1.29 is 8.83 Å². The lowest BCUT2D eigenvalue weighted by atomic mass is 10.0. The van der Waals surface area contributed by atoms with E-state index in [0.717, 1.165) is 56.0 Å². The van der Waals surface area contributed by atoms with Crippen molar-refractivity contribution in [2.45, 2.75) is 0 Å². The smallest absolute Gasteiger partial charge is 0.307 e. The highest BCUT2D eigenvalue weighted by molar-refractivity contribution is 5.83. The molecule has 0 saturated heterocycles. The predicted octanol–water partition coefficient (Wildman–Crippen LogP) is 11.5. The number of anilines is 6. The summed E-state index contributed by atoms with van der Waals surface area (Å²) in [5.41, 5.74) is 10.5. The van der Waals surface area contributed by atoms with Gasteiger partial charge in [0.2, 0.25) is 0 Å². The maximum Gasteiger partial charge on any atom is 0.307 e. The van der Waals surface area contributed by atoms with Crippen molar-refractivity contribution in [1.82, 2.24) is 29.9 Å². The molecule has 10 rings (SSSR count). The maximum absolute atomic E-state index is 6.29. The summed E-state index contributed by atoms with van der Waals surface area (Å²) in [6.45, 7) is 0. The lowest BCUT2D eigenvalue weighted by Gasteiger charge is -2.22. The minimum atomic E-state index is 0.468. The number of benzene rings is 6. The summed E-state index contributed by atoms with van der Waals surface area (Å²) in [5, 5.41) is 0. The Morgan fingerprint density at radius 2 is 0.643 bits per heavy atom. The zero-order chi connectivity index (χ0) is 37.3. The number of para-hydroxylation sites is 4. The molecule has 0 aliphatic carbocycles. The molecule has 0 aliphatic rings. The molecule has 0 aliphatic heterocycles. The van der Waals surface area contributed by atoms with Crippen LogP contribution in [0, 0.1) is 0 Å². The van der Waals surface area contributed by atoms with Crippen LogP contribution in [0.1, 0.15) is 0 Å². The summed E-state index contributed by atoms with van der Waals surface area (Å²) in [5.74, 6) is 1.33. The van der Waals surface area contributed by atoms with Gasteiger partial charge in [-0.05, 0) is 120 Å². The second-order valence-corrected chi connectivity index (χ2v) is 12.9. The average molecular weight is 727 g/mol. The summed E-state index contributed by atoms with van der Waals surface area (Å²) in [6.07, 6.45) is 6.96. The number of aromatic nitrogens is 6. The zero-order valence-corrected chi connectivity index (χ0v) is 29.7. The SMILES string of the molecule is c1cnc(-c2ccc(N(c3ccc(-c4ccc(N(c5ccc(-c6ncccn6)cc5)c5nc6ccccc6o5)cc4)cc3)c3nc4ccccc4o3)cc2)nc1. The molecule has 266 valence electrons. The summed E-state index contributed by atoms with van der Waals surface area (Å²) < 4.78 is 12.6. The molecule has 10 heteroatoms. The molecular weight excluding hydrogens is 697 g/mol. The Morgan fingerprint density at radius 3 is 0.982 bits per heavy atom. The summed E-state index contributed by atoms with van der Waals surface area (Å²) >= 11 is 0. The Bertz CT molecular complexity index is 2630. The lowest BCUT2D eigenvalue weighted by molar-refractivity contribution is 0.608. The molecule has 4 aromatic heterocycles. The number of nitrogens with zero attached hydrogens (tertiary/aromatic N) is 8. The zero-order valence-electron chi connectivity index (χ0n) is 29.7. The van der Waals surface area contributed by atoms with Gasteiger partial charge in [0, 0.05) is 35.9 Å². The highest BCUT2D eigenvalue weighted by Gasteiger charge is 2.21. The van der Waals surface area contributed by atoms with Crippen molar-refractivity contribution in [2.75, 3.05) is 9.80 Å². The number of fused-ring (bicyclic) bond motifs is 2. The van der Waals surface area contributed by atoms with Crippen LogP contribution < -0.4 is 9.80 Å². The van der Waals surface area contributed by atoms with E-state index in [0.29, 0.717) is 34.8 Å². The van der Waals surface area contributed by atoms with Gasteiger partial charge in [-0.3, -0.25) is 9.80 Å². The molecule has 0 atom stereocenters. The Kier molecular flexibility index (Phi) is 8.23. The quantitative estimate of drug-likeness (QED) is 0.142. The molecule has 0 bridgehead atoms. The van der Waals surface area contributed by atoms with Crippen LogP contribution in [-0.2, 0) is 0 Å². The van der Waals surface area contributed by atoms with Gasteiger partial charge in [-0.15, -0.1) is 0 Å². The van der Waals surface area contributed by atoms with Crippen molar-refractivity contribution in [3.63, 3.8) is 0 Å². The largest absolute Gasteiger partial charge is 0.423 e. The fourth-order valence-electron chi connectivity index (χ4n) is 6.67. The summed E-state index contributed by atoms with van der Waals surface area (Å²) in [4.78, 5) is 31.3. The second kappa shape index (κ2) is 14.1. The first-order chi connectivity index (χ1) is 27.7. The Labute approximate surface area is 321 Å². The third-order valence-corrected chi connectivity index (χ3v) is 9.43. The van der Waals surface area contributed by atoms with Crippen LogP contribution in [0.25, 0.3) is 56.1 Å². The molecule has 6 aromatic carbocycles. The average Bonchev–Trinajstić information content (AvgIpc) is 3.90. The van der Waals surface area contributed by atoms with Gasteiger partial charge in [-0.1, -0.05) is 48.5 Å². The van der Waals surface area contributed by atoms with Crippen LogP contribution in [0.3, 0.4) is 0 Å². The number of hydrogen-bond acceptors (Lipinski definition) is 10. The molecule has 0 amide bonds. The minimum absolute atomic E-state index is 0.468. The molecule has 0 spiro atoms. The van der Waals surface area contributed by atoms with Crippen LogP contribution >= 0.6 is 0 Å². The molecule has 0 radical (unpaired) electrons. The van der Waals surface area contributed by atoms with Gasteiger partial charge in [0.25, 0.3) is 0 Å². The van der Waals surface area contributed by atoms with E-state index in [9.17, 15) is 0 Å². The first kappa shape index (κ1) is 32.7. The van der Waals surface area contributed by atoms with Gasteiger partial charge in [-0.25, -0.2) is 19.9 Å². The maximum atomic E-state index is 6.29. The second-order valence-electron chi connectivity index (χ2n) is 12.9. The first-order valence-corrected chi connectivity index (χ1v) is 18.0. The predicted molar refractivity (Wildman–Crippen MR) is 218 cm³/mol. The minimum Gasteiger partial charge on any atom is -0.423 e. The fraction of sp³-hybridized carbons (Fsp3) is 0. The molecular formula is C46H30N8O2. The van der Waals surface area contributed by atoms with Crippen LogP contribution in [-0.4, -0.2) is 29.9 Å². The molecule has 4 heterocycles. The number of hydrogen-bond donors (Lipinski definition) is 0. The van der Waals surface area contributed by atoms with Crippen LogP contribution in [0.15, 0.2) is 191 Å². The Balaban J connectivity index is 0.976. The van der Waals surface area contributed by atoms with E-state index >= 15 is 0 Å². The van der Waals surface area contributed by atoms with Gasteiger partial charge in [0.1, 0.15) is 11.0 Å². The molecule has 0 fully saturated rings.